The third-order valence-corrected chi connectivity index (χ3v) is 3.08. The summed E-state index contributed by atoms with van der Waals surface area (Å²) in [7, 11) is 0. The fourth-order valence-corrected chi connectivity index (χ4v) is 2.49. The Balaban J connectivity index is 2.49. The summed E-state index contributed by atoms with van der Waals surface area (Å²) in [6, 6.07) is 5.43. The molecule has 0 saturated carbocycles. The van der Waals surface area contributed by atoms with Gasteiger partial charge in [-0.25, -0.2) is 4.79 Å². The van der Waals surface area contributed by atoms with Crippen LogP contribution in [0.1, 0.15) is 20.8 Å². The van der Waals surface area contributed by atoms with Crippen LogP contribution in [0.4, 0.5) is 4.79 Å². The number of aromatic nitrogens is 1. The summed E-state index contributed by atoms with van der Waals surface area (Å²) in [5.41, 5.74) is 0.201. The van der Waals surface area contributed by atoms with E-state index < -0.39 is 11.7 Å². The zero-order valence-electron chi connectivity index (χ0n) is 10.3. The highest BCUT2D eigenvalue weighted by molar-refractivity contribution is 9.10. The average Bonchev–Trinajstić information content (AvgIpc) is 2.58. The zero-order chi connectivity index (χ0) is 13.5. The van der Waals surface area contributed by atoms with Gasteiger partial charge in [-0.1, -0.05) is 27.5 Å². The minimum Gasteiger partial charge on any atom is -0.443 e. The van der Waals surface area contributed by atoms with Crippen LogP contribution < -0.4 is 0 Å². The highest BCUT2D eigenvalue weighted by Crippen LogP contribution is 2.29. The molecule has 1 aromatic carbocycles. The maximum Gasteiger partial charge on any atom is 0.418 e. The predicted octanol–water partition coefficient (Wildman–Crippen LogP) is 4.84. The van der Waals surface area contributed by atoms with Crippen molar-refractivity contribution < 1.29 is 9.53 Å². The fourth-order valence-electron chi connectivity index (χ4n) is 1.64. The number of nitrogens with zero attached hydrogens (tertiary/aromatic N) is 1. The lowest BCUT2D eigenvalue weighted by molar-refractivity contribution is 0.0544. The molecular weight excluding hydrogens is 318 g/mol. The van der Waals surface area contributed by atoms with Crippen molar-refractivity contribution in [1.29, 1.82) is 0 Å². The lowest BCUT2D eigenvalue weighted by Crippen LogP contribution is -2.26. The quantitative estimate of drug-likeness (QED) is 0.692. The molecule has 0 aliphatic rings. The number of carbonyl (C=O) groups excluding carboxylic acids is 1. The van der Waals surface area contributed by atoms with Gasteiger partial charge >= 0.3 is 6.09 Å². The summed E-state index contributed by atoms with van der Waals surface area (Å²) in [6.07, 6.45) is 1.25. The van der Waals surface area contributed by atoms with E-state index in [0.29, 0.717) is 5.02 Å². The Morgan fingerprint density at radius 2 is 2.06 bits per heavy atom. The Morgan fingerprint density at radius 3 is 2.67 bits per heavy atom. The lowest BCUT2D eigenvalue weighted by Gasteiger charge is -2.19. The topological polar surface area (TPSA) is 31.2 Å². The molecule has 3 nitrogen and oxygen atoms in total. The second kappa shape index (κ2) is 4.59. The predicted molar refractivity (Wildman–Crippen MR) is 76.3 cm³/mol. The first kappa shape index (κ1) is 13.4. The Kier molecular flexibility index (Phi) is 3.43. The maximum absolute atomic E-state index is 12.0. The van der Waals surface area contributed by atoms with Crippen LogP contribution in [0.2, 0.25) is 5.02 Å². The number of carbonyl (C=O) groups is 1. The van der Waals surface area contributed by atoms with Gasteiger partial charge in [-0.3, -0.25) is 4.57 Å². The largest absolute Gasteiger partial charge is 0.443 e. The standard InChI is InChI=1S/C13H13BrClNO2/c1-13(2,3)18-12(17)16-5-4-9-10(15)6-8(14)7-11(9)16/h4-7H,1-3H3. The molecule has 0 aliphatic heterocycles. The first-order chi connectivity index (χ1) is 8.28. The van der Waals surface area contributed by atoms with Gasteiger partial charge in [-0.15, -0.1) is 0 Å². The van der Waals surface area contributed by atoms with E-state index in [-0.39, 0.29) is 0 Å². The number of halogens is 2. The lowest BCUT2D eigenvalue weighted by atomic mass is 10.2. The minimum atomic E-state index is -0.524. The third kappa shape index (κ3) is 2.70. The van der Waals surface area contributed by atoms with Gasteiger partial charge in [0.2, 0.25) is 0 Å². The van der Waals surface area contributed by atoms with Crippen molar-refractivity contribution in [3.05, 3.63) is 33.9 Å². The zero-order valence-corrected chi connectivity index (χ0v) is 12.7. The van der Waals surface area contributed by atoms with Gasteiger partial charge < -0.3 is 4.74 Å². The molecule has 0 spiro atoms. The SMILES string of the molecule is CC(C)(C)OC(=O)n1ccc2c(Cl)cc(Br)cc21. The van der Waals surface area contributed by atoms with Crippen molar-refractivity contribution >= 4 is 44.5 Å². The van der Waals surface area contributed by atoms with Crippen LogP contribution in [-0.2, 0) is 4.74 Å². The molecule has 0 atom stereocenters. The van der Waals surface area contributed by atoms with Crippen molar-refractivity contribution in [2.24, 2.45) is 0 Å². The summed E-state index contributed by atoms with van der Waals surface area (Å²) < 4.78 is 7.61. The van der Waals surface area contributed by atoms with Gasteiger partial charge in [0.25, 0.3) is 0 Å². The average molecular weight is 331 g/mol. The number of hydrogen-bond donors (Lipinski definition) is 0. The summed E-state index contributed by atoms with van der Waals surface area (Å²) in [5, 5.41) is 1.42. The number of fused-ring (bicyclic) bond motifs is 1. The van der Waals surface area contributed by atoms with Gasteiger partial charge in [0.05, 0.1) is 10.5 Å². The highest BCUT2D eigenvalue weighted by Gasteiger charge is 2.19. The molecule has 2 aromatic rings. The van der Waals surface area contributed by atoms with E-state index in [2.05, 4.69) is 15.9 Å². The van der Waals surface area contributed by atoms with Crippen molar-refractivity contribution in [2.75, 3.05) is 0 Å². The van der Waals surface area contributed by atoms with Crippen LogP contribution in [0.15, 0.2) is 28.9 Å². The Hall–Kier alpha value is -1.000. The van der Waals surface area contributed by atoms with E-state index in [1.54, 1.807) is 18.3 Å². The van der Waals surface area contributed by atoms with E-state index in [4.69, 9.17) is 16.3 Å². The van der Waals surface area contributed by atoms with Gasteiger partial charge in [-0.05, 0) is 39.0 Å². The van der Waals surface area contributed by atoms with Crippen molar-refractivity contribution in [1.82, 2.24) is 4.57 Å². The molecule has 18 heavy (non-hydrogen) atoms. The molecule has 1 aromatic heterocycles. The van der Waals surface area contributed by atoms with Crippen LogP contribution in [0.25, 0.3) is 10.9 Å². The van der Waals surface area contributed by atoms with Crippen molar-refractivity contribution in [2.45, 2.75) is 26.4 Å². The third-order valence-electron chi connectivity index (χ3n) is 2.31. The number of benzene rings is 1. The first-order valence-corrected chi connectivity index (χ1v) is 6.64. The molecule has 0 unspecified atom stereocenters. The Bertz CT molecular complexity index is 613. The molecule has 5 heteroatoms. The molecule has 0 fully saturated rings. The van der Waals surface area contributed by atoms with E-state index in [1.807, 2.05) is 26.8 Å². The van der Waals surface area contributed by atoms with E-state index in [0.717, 1.165) is 15.4 Å². The van der Waals surface area contributed by atoms with Crippen LogP contribution in [0.5, 0.6) is 0 Å². The molecule has 96 valence electrons. The Morgan fingerprint density at radius 1 is 1.39 bits per heavy atom. The highest BCUT2D eigenvalue weighted by atomic mass is 79.9. The van der Waals surface area contributed by atoms with Crippen molar-refractivity contribution in [3.63, 3.8) is 0 Å². The second-order valence-electron chi connectivity index (χ2n) is 4.99. The molecule has 2 rings (SSSR count). The van der Waals surface area contributed by atoms with Crippen LogP contribution in [0, 0.1) is 0 Å². The maximum atomic E-state index is 12.0. The number of rotatable bonds is 0. The van der Waals surface area contributed by atoms with Gasteiger partial charge in [0, 0.05) is 16.1 Å². The monoisotopic (exact) mass is 329 g/mol. The molecule has 0 bridgehead atoms. The molecule has 0 radical (unpaired) electrons. The van der Waals surface area contributed by atoms with E-state index >= 15 is 0 Å². The summed E-state index contributed by atoms with van der Waals surface area (Å²) >= 11 is 9.48. The summed E-state index contributed by atoms with van der Waals surface area (Å²) in [5.74, 6) is 0. The van der Waals surface area contributed by atoms with Crippen LogP contribution in [-0.4, -0.2) is 16.3 Å². The van der Waals surface area contributed by atoms with E-state index in [9.17, 15) is 4.79 Å². The number of ether oxygens (including phenoxy) is 1. The minimum absolute atomic E-state index is 0.410. The van der Waals surface area contributed by atoms with Gasteiger partial charge in [-0.2, -0.15) is 0 Å². The molecule has 0 N–H and O–H groups in total. The molecule has 1 heterocycles. The van der Waals surface area contributed by atoms with Crippen LogP contribution >= 0.6 is 27.5 Å². The normalized spacial score (nSPS) is 11.8. The van der Waals surface area contributed by atoms with E-state index in [1.165, 1.54) is 4.57 Å². The summed E-state index contributed by atoms with van der Waals surface area (Å²) in [6.45, 7) is 5.50. The molecule has 0 aliphatic carbocycles. The molecule has 0 saturated heterocycles. The van der Waals surface area contributed by atoms with Gasteiger partial charge in [0.1, 0.15) is 5.60 Å². The molecular formula is C13H13BrClNO2. The van der Waals surface area contributed by atoms with Crippen molar-refractivity contribution in [3.8, 4) is 0 Å². The smallest absolute Gasteiger partial charge is 0.418 e. The number of hydrogen-bond acceptors (Lipinski definition) is 2. The Labute approximate surface area is 119 Å². The second-order valence-corrected chi connectivity index (χ2v) is 6.31. The van der Waals surface area contributed by atoms with Gasteiger partial charge in [0.15, 0.2) is 0 Å². The van der Waals surface area contributed by atoms with Crippen LogP contribution in [0.3, 0.4) is 0 Å². The molecule has 0 amide bonds. The summed E-state index contributed by atoms with van der Waals surface area (Å²) in [4.78, 5) is 12.0. The first-order valence-electron chi connectivity index (χ1n) is 5.47. The fraction of sp³-hybridized carbons (Fsp3) is 0.308.